The lowest BCUT2D eigenvalue weighted by atomic mass is 9.91. The van der Waals surface area contributed by atoms with Crippen LogP contribution in [0, 0.1) is 0 Å². The van der Waals surface area contributed by atoms with Crippen LogP contribution in [0.15, 0.2) is 42.6 Å². The van der Waals surface area contributed by atoms with Crippen LogP contribution in [-0.2, 0) is 24.3 Å². The van der Waals surface area contributed by atoms with Crippen LogP contribution in [0.2, 0.25) is 24.2 Å². The van der Waals surface area contributed by atoms with Crippen molar-refractivity contribution in [2.75, 3.05) is 13.2 Å². The maximum Gasteiger partial charge on any atom is 0.124 e. The number of fused-ring (bicyclic) bond motifs is 2. The molecule has 0 amide bonds. The Morgan fingerprint density at radius 1 is 1.14 bits per heavy atom. The Morgan fingerprint density at radius 2 is 1.95 bits per heavy atom. The molecule has 1 aliphatic rings. The molecule has 37 heavy (non-hydrogen) atoms. The summed E-state index contributed by atoms with van der Waals surface area (Å²) in [6.45, 7) is 9.22. The molecule has 0 aliphatic heterocycles. The van der Waals surface area contributed by atoms with Gasteiger partial charge in [0, 0.05) is 31.3 Å². The van der Waals surface area contributed by atoms with Crippen LogP contribution < -0.4 is 11.1 Å². The number of benzene rings is 1. The summed E-state index contributed by atoms with van der Waals surface area (Å²) in [7, 11) is -1.18. The lowest BCUT2D eigenvalue weighted by Crippen LogP contribution is -2.37. The number of imidazole rings is 1. The standard InChI is InChI=1S/C30H47N5OSi/c1-4-37(5-2,6-3)21-20-36-23-35-28-17-8-7-15-26(28)34-29(35)22-25(14-10-18-31)33-27-16-9-12-24-13-11-19-32-30(24)27/h7-8,11,13,15,17,19,25,27,33H,4-6,9-10,12,14,16,18,20-23,31H2,1-3H3. The first-order chi connectivity index (χ1) is 18.1. The maximum absolute atomic E-state index is 6.35. The van der Waals surface area contributed by atoms with Crippen molar-refractivity contribution < 1.29 is 4.74 Å². The summed E-state index contributed by atoms with van der Waals surface area (Å²) in [5.41, 5.74) is 10.8. The molecule has 4 rings (SSSR count). The number of aryl methyl sites for hydroxylation is 1. The monoisotopic (exact) mass is 521 g/mol. The Bertz CT molecular complexity index is 1100. The van der Waals surface area contributed by atoms with E-state index < -0.39 is 8.07 Å². The number of rotatable bonds is 15. The summed E-state index contributed by atoms with van der Waals surface area (Å²) in [6.07, 6.45) is 8.25. The van der Waals surface area contributed by atoms with E-state index in [-0.39, 0.29) is 12.1 Å². The molecule has 0 bridgehead atoms. The predicted molar refractivity (Wildman–Crippen MR) is 157 cm³/mol. The first-order valence-corrected chi connectivity index (χ1v) is 17.4. The number of hydrogen-bond acceptors (Lipinski definition) is 5. The van der Waals surface area contributed by atoms with Crippen LogP contribution in [0.1, 0.15) is 69.6 Å². The van der Waals surface area contributed by atoms with Crippen LogP contribution in [0.3, 0.4) is 0 Å². The summed E-state index contributed by atoms with van der Waals surface area (Å²) in [4.78, 5) is 9.84. The van der Waals surface area contributed by atoms with Crippen molar-refractivity contribution in [1.29, 1.82) is 0 Å². The summed E-state index contributed by atoms with van der Waals surface area (Å²) < 4.78 is 8.65. The summed E-state index contributed by atoms with van der Waals surface area (Å²) >= 11 is 0. The number of nitrogens with two attached hydrogens (primary N) is 1. The van der Waals surface area contributed by atoms with Crippen LogP contribution in [0.4, 0.5) is 0 Å². The molecule has 2 atom stereocenters. The van der Waals surface area contributed by atoms with Crippen molar-refractivity contribution in [3.05, 3.63) is 59.7 Å². The highest BCUT2D eigenvalue weighted by atomic mass is 28.3. The molecule has 0 fully saturated rings. The zero-order valence-corrected chi connectivity index (χ0v) is 24.2. The predicted octanol–water partition coefficient (Wildman–Crippen LogP) is 6.23. The smallest absolute Gasteiger partial charge is 0.124 e. The molecule has 0 saturated carbocycles. The van der Waals surface area contributed by atoms with E-state index in [1.165, 1.54) is 41.9 Å². The van der Waals surface area contributed by atoms with Crippen LogP contribution in [0.25, 0.3) is 11.0 Å². The van der Waals surface area contributed by atoms with Gasteiger partial charge >= 0.3 is 0 Å². The third kappa shape index (κ3) is 6.88. The van der Waals surface area contributed by atoms with Gasteiger partial charge in [-0.05, 0) is 68.5 Å². The zero-order valence-electron chi connectivity index (χ0n) is 23.2. The Morgan fingerprint density at radius 3 is 2.73 bits per heavy atom. The highest BCUT2D eigenvalue weighted by molar-refractivity contribution is 6.79. The minimum atomic E-state index is -1.18. The van der Waals surface area contributed by atoms with Gasteiger partial charge in [-0.3, -0.25) is 4.98 Å². The molecular weight excluding hydrogens is 474 g/mol. The van der Waals surface area contributed by atoms with Crippen molar-refractivity contribution in [3.8, 4) is 0 Å². The molecule has 0 spiro atoms. The van der Waals surface area contributed by atoms with E-state index in [4.69, 9.17) is 20.4 Å². The van der Waals surface area contributed by atoms with Gasteiger partial charge in [0.15, 0.2) is 0 Å². The van der Waals surface area contributed by atoms with E-state index >= 15 is 0 Å². The molecule has 7 heteroatoms. The second kappa shape index (κ2) is 13.6. The van der Waals surface area contributed by atoms with E-state index in [2.05, 4.69) is 67.1 Å². The number of nitrogens with zero attached hydrogens (tertiary/aromatic N) is 3. The Balaban J connectivity index is 1.50. The van der Waals surface area contributed by atoms with Crippen molar-refractivity contribution in [1.82, 2.24) is 19.9 Å². The van der Waals surface area contributed by atoms with Gasteiger partial charge in [0.2, 0.25) is 0 Å². The number of hydrogen-bond donors (Lipinski definition) is 2. The van der Waals surface area contributed by atoms with Crippen molar-refractivity contribution in [3.63, 3.8) is 0 Å². The fourth-order valence-corrected chi connectivity index (χ4v) is 9.17. The van der Waals surface area contributed by atoms with Gasteiger partial charge in [0.05, 0.1) is 24.8 Å². The third-order valence-corrected chi connectivity index (χ3v) is 14.6. The molecule has 6 nitrogen and oxygen atoms in total. The Kier molecular flexibility index (Phi) is 10.3. The maximum atomic E-state index is 6.35. The van der Waals surface area contributed by atoms with Crippen molar-refractivity contribution >= 4 is 19.1 Å². The first-order valence-electron chi connectivity index (χ1n) is 14.5. The third-order valence-electron chi connectivity index (χ3n) is 8.80. The second-order valence-electron chi connectivity index (χ2n) is 10.8. The number of nitrogens with one attached hydrogen (secondary N) is 1. The highest BCUT2D eigenvalue weighted by Crippen LogP contribution is 2.29. The molecule has 0 radical (unpaired) electrons. The molecule has 202 valence electrons. The lowest BCUT2D eigenvalue weighted by molar-refractivity contribution is 0.0872. The number of pyridine rings is 1. The highest BCUT2D eigenvalue weighted by Gasteiger charge is 2.27. The summed E-state index contributed by atoms with van der Waals surface area (Å²) in [6, 6.07) is 18.6. The molecule has 2 heterocycles. The topological polar surface area (TPSA) is 78.0 Å². The van der Waals surface area contributed by atoms with Gasteiger partial charge in [-0.2, -0.15) is 0 Å². The van der Waals surface area contributed by atoms with Gasteiger partial charge in [0.1, 0.15) is 12.6 Å². The SMILES string of the molecule is CC[Si](CC)(CC)CCOCn1c(CC(CCCN)NC2CCCc3cccnc32)nc2ccccc21. The quantitative estimate of drug-likeness (QED) is 0.183. The molecule has 2 unspecified atom stereocenters. The molecule has 1 aliphatic carbocycles. The summed E-state index contributed by atoms with van der Waals surface area (Å²) in [5.74, 6) is 1.10. The number of para-hydroxylation sites is 2. The first kappa shape index (κ1) is 28.0. The number of aromatic nitrogens is 3. The van der Waals surface area contributed by atoms with E-state index in [0.29, 0.717) is 13.3 Å². The van der Waals surface area contributed by atoms with E-state index in [9.17, 15) is 0 Å². The van der Waals surface area contributed by atoms with Crippen LogP contribution >= 0.6 is 0 Å². The zero-order chi connectivity index (χ0) is 26.1. The van der Waals surface area contributed by atoms with Gasteiger partial charge in [-0.25, -0.2) is 4.98 Å². The molecule has 1 aromatic carbocycles. The molecule has 2 aromatic heterocycles. The fourth-order valence-electron chi connectivity index (χ4n) is 6.04. The number of ether oxygens (including phenoxy) is 1. The molecular formula is C30H47N5OSi. The molecule has 3 N–H and O–H groups in total. The molecule has 0 saturated heterocycles. The average molecular weight is 522 g/mol. The van der Waals surface area contributed by atoms with Gasteiger partial charge in [0.25, 0.3) is 0 Å². The van der Waals surface area contributed by atoms with E-state index in [1.807, 2.05) is 6.20 Å². The van der Waals surface area contributed by atoms with E-state index in [1.54, 1.807) is 0 Å². The lowest BCUT2D eigenvalue weighted by Gasteiger charge is -2.30. The van der Waals surface area contributed by atoms with E-state index in [0.717, 1.165) is 55.6 Å². The fraction of sp³-hybridized carbons (Fsp3) is 0.600. The van der Waals surface area contributed by atoms with Crippen molar-refractivity contribution in [2.45, 2.75) is 102 Å². The molecule has 3 aromatic rings. The second-order valence-corrected chi connectivity index (χ2v) is 16.4. The summed E-state index contributed by atoms with van der Waals surface area (Å²) in [5, 5.41) is 3.97. The average Bonchev–Trinajstić information content (AvgIpc) is 3.29. The van der Waals surface area contributed by atoms with Crippen LogP contribution in [0.5, 0.6) is 0 Å². The largest absolute Gasteiger partial charge is 0.361 e. The minimum Gasteiger partial charge on any atom is -0.361 e. The Labute approximate surface area is 224 Å². The Hall–Kier alpha value is -2.06. The van der Waals surface area contributed by atoms with Crippen LogP contribution in [-0.4, -0.2) is 41.8 Å². The minimum absolute atomic E-state index is 0.289. The van der Waals surface area contributed by atoms with Gasteiger partial charge in [-0.1, -0.05) is 57.1 Å². The van der Waals surface area contributed by atoms with Gasteiger partial charge in [-0.15, -0.1) is 0 Å². The normalized spacial score (nSPS) is 16.7. The van der Waals surface area contributed by atoms with Gasteiger partial charge < -0.3 is 20.4 Å². The van der Waals surface area contributed by atoms with Crippen molar-refractivity contribution in [2.24, 2.45) is 5.73 Å².